The van der Waals surface area contributed by atoms with Gasteiger partial charge in [0.15, 0.2) is 11.6 Å². The van der Waals surface area contributed by atoms with Crippen molar-refractivity contribution in [2.45, 2.75) is 6.04 Å². The van der Waals surface area contributed by atoms with Gasteiger partial charge in [-0.05, 0) is 35.9 Å². The number of carbonyl (C=O) groups is 2. The smallest absolute Gasteiger partial charge is 0.252 e. The molecular formula is C16H13ClF2N2O2. The minimum atomic E-state index is -1.17. The van der Waals surface area contributed by atoms with Crippen LogP contribution in [-0.2, 0) is 4.79 Å². The Bertz CT molecular complexity index is 753. The Balaban J connectivity index is 2.30. The monoisotopic (exact) mass is 338 g/mol. The van der Waals surface area contributed by atoms with E-state index in [4.69, 9.17) is 11.6 Å². The largest absolute Gasteiger partial charge is 0.357 e. The van der Waals surface area contributed by atoms with Gasteiger partial charge in [-0.2, -0.15) is 0 Å². The van der Waals surface area contributed by atoms with Crippen molar-refractivity contribution in [3.63, 3.8) is 0 Å². The SMILES string of the molecule is CNC(=O)C(NC(=O)c1cccc(Cl)c1)c1ccc(F)c(F)c1. The first kappa shape index (κ1) is 16.9. The number of hydrogen-bond acceptors (Lipinski definition) is 2. The predicted octanol–water partition coefficient (Wildman–Crippen LogP) is 2.84. The summed E-state index contributed by atoms with van der Waals surface area (Å²) in [6, 6.07) is 7.97. The molecule has 2 amide bonds. The van der Waals surface area contributed by atoms with Crippen LogP contribution in [0.2, 0.25) is 5.02 Å². The van der Waals surface area contributed by atoms with Crippen LogP contribution in [0.5, 0.6) is 0 Å². The molecule has 1 atom stereocenters. The van der Waals surface area contributed by atoms with Crippen molar-refractivity contribution >= 4 is 23.4 Å². The maximum absolute atomic E-state index is 13.4. The molecule has 0 saturated heterocycles. The standard InChI is InChI=1S/C16H13ClF2N2O2/c1-20-16(23)14(9-5-6-12(18)13(19)8-9)21-15(22)10-3-2-4-11(17)7-10/h2-8,14H,1H3,(H,20,23)(H,21,22). The maximum atomic E-state index is 13.4. The lowest BCUT2D eigenvalue weighted by Crippen LogP contribution is -2.39. The van der Waals surface area contributed by atoms with Gasteiger partial charge in [-0.25, -0.2) is 8.78 Å². The minimum Gasteiger partial charge on any atom is -0.357 e. The van der Waals surface area contributed by atoms with Gasteiger partial charge in [0.2, 0.25) is 5.91 Å². The molecule has 0 radical (unpaired) electrons. The van der Waals surface area contributed by atoms with E-state index in [-0.39, 0.29) is 11.1 Å². The number of hydrogen-bond donors (Lipinski definition) is 2. The van der Waals surface area contributed by atoms with Crippen LogP contribution in [0.15, 0.2) is 42.5 Å². The van der Waals surface area contributed by atoms with E-state index >= 15 is 0 Å². The highest BCUT2D eigenvalue weighted by atomic mass is 35.5. The molecule has 0 aliphatic rings. The van der Waals surface area contributed by atoms with Gasteiger partial charge >= 0.3 is 0 Å². The average Bonchev–Trinajstić information content (AvgIpc) is 2.54. The summed E-state index contributed by atoms with van der Waals surface area (Å²) in [7, 11) is 1.38. The zero-order valence-electron chi connectivity index (χ0n) is 12.1. The quantitative estimate of drug-likeness (QED) is 0.900. The summed E-state index contributed by atoms with van der Waals surface area (Å²) >= 11 is 5.82. The summed E-state index contributed by atoms with van der Waals surface area (Å²) in [4.78, 5) is 24.2. The molecule has 0 heterocycles. The summed E-state index contributed by atoms with van der Waals surface area (Å²) < 4.78 is 26.4. The van der Waals surface area contributed by atoms with Crippen LogP contribution < -0.4 is 10.6 Å². The summed E-state index contributed by atoms with van der Waals surface area (Å²) in [6.07, 6.45) is 0. The molecule has 0 aliphatic heterocycles. The molecule has 7 heteroatoms. The van der Waals surface area contributed by atoms with Gasteiger partial charge in [-0.3, -0.25) is 9.59 Å². The van der Waals surface area contributed by atoms with Crippen molar-refractivity contribution in [3.8, 4) is 0 Å². The van der Waals surface area contributed by atoms with E-state index in [2.05, 4.69) is 10.6 Å². The second-order valence-corrected chi connectivity index (χ2v) is 5.14. The average molecular weight is 339 g/mol. The van der Waals surface area contributed by atoms with Gasteiger partial charge in [0, 0.05) is 17.6 Å². The molecule has 0 spiro atoms. The van der Waals surface area contributed by atoms with E-state index < -0.39 is 29.5 Å². The van der Waals surface area contributed by atoms with E-state index in [1.165, 1.54) is 25.2 Å². The zero-order valence-corrected chi connectivity index (χ0v) is 12.8. The first-order valence-electron chi connectivity index (χ1n) is 6.65. The molecule has 0 bridgehead atoms. The van der Waals surface area contributed by atoms with Crippen molar-refractivity contribution in [2.24, 2.45) is 0 Å². The van der Waals surface area contributed by atoms with E-state index in [0.29, 0.717) is 5.02 Å². The van der Waals surface area contributed by atoms with Gasteiger partial charge in [-0.1, -0.05) is 23.7 Å². The third-order valence-corrected chi connectivity index (χ3v) is 3.38. The fourth-order valence-corrected chi connectivity index (χ4v) is 2.17. The summed E-state index contributed by atoms with van der Waals surface area (Å²) in [5.74, 6) is -3.27. The van der Waals surface area contributed by atoms with Crippen LogP contribution in [-0.4, -0.2) is 18.9 Å². The second-order valence-electron chi connectivity index (χ2n) is 4.70. The Labute approximate surface area is 136 Å². The highest BCUT2D eigenvalue weighted by Crippen LogP contribution is 2.18. The Morgan fingerprint density at radius 2 is 1.83 bits per heavy atom. The van der Waals surface area contributed by atoms with E-state index in [1.807, 2.05) is 0 Å². The Morgan fingerprint density at radius 3 is 2.43 bits per heavy atom. The first-order chi connectivity index (χ1) is 10.9. The minimum absolute atomic E-state index is 0.124. The van der Waals surface area contributed by atoms with Crippen LogP contribution >= 0.6 is 11.6 Å². The van der Waals surface area contributed by atoms with Crippen LogP contribution in [0.4, 0.5) is 8.78 Å². The summed E-state index contributed by atoms with van der Waals surface area (Å²) in [5.41, 5.74) is 0.368. The van der Waals surface area contributed by atoms with Gasteiger partial charge in [-0.15, -0.1) is 0 Å². The molecule has 4 nitrogen and oxygen atoms in total. The first-order valence-corrected chi connectivity index (χ1v) is 7.03. The van der Waals surface area contributed by atoms with Crippen molar-refractivity contribution in [1.29, 1.82) is 0 Å². The normalized spacial score (nSPS) is 11.7. The number of halogens is 3. The van der Waals surface area contributed by atoms with E-state index in [0.717, 1.165) is 12.1 Å². The molecule has 2 N–H and O–H groups in total. The van der Waals surface area contributed by atoms with Gasteiger partial charge in [0.05, 0.1) is 0 Å². The Kier molecular flexibility index (Phi) is 5.28. The fraction of sp³-hybridized carbons (Fsp3) is 0.125. The van der Waals surface area contributed by atoms with Crippen molar-refractivity contribution in [1.82, 2.24) is 10.6 Å². The third kappa shape index (κ3) is 4.04. The third-order valence-electron chi connectivity index (χ3n) is 3.15. The highest BCUT2D eigenvalue weighted by molar-refractivity contribution is 6.31. The van der Waals surface area contributed by atoms with Gasteiger partial charge in [0.25, 0.3) is 5.91 Å². The Morgan fingerprint density at radius 1 is 1.09 bits per heavy atom. The molecule has 2 aromatic rings. The lowest BCUT2D eigenvalue weighted by atomic mass is 10.0. The fourth-order valence-electron chi connectivity index (χ4n) is 1.98. The van der Waals surface area contributed by atoms with E-state index in [1.54, 1.807) is 12.1 Å². The Hall–Kier alpha value is -2.47. The van der Waals surface area contributed by atoms with Crippen LogP contribution in [0.3, 0.4) is 0 Å². The molecule has 0 aliphatic carbocycles. The van der Waals surface area contributed by atoms with Crippen molar-refractivity contribution in [2.75, 3.05) is 7.05 Å². The number of rotatable bonds is 4. The molecule has 0 aromatic heterocycles. The molecule has 0 fully saturated rings. The van der Waals surface area contributed by atoms with Crippen LogP contribution in [0.1, 0.15) is 22.0 Å². The highest BCUT2D eigenvalue weighted by Gasteiger charge is 2.23. The van der Waals surface area contributed by atoms with Crippen LogP contribution in [0.25, 0.3) is 0 Å². The molecule has 23 heavy (non-hydrogen) atoms. The maximum Gasteiger partial charge on any atom is 0.252 e. The van der Waals surface area contributed by atoms with Crippen molar-refractivity contribution < 1.29 is 18.4 Å². The second kappa shape index (κ2) is 7.19. The number of nitrogens with one attached hydrogen (secondary N) is 2. The number of likely N-dealkylation sites (N-methyl/N-ethyl adjacent to an activating group) is 1. The van der Waals surface area contributed by atoms with Crippen LogP contribution in [0, 0.1) is 11.6 Å². The lowest BCUT2D eigenvalue weighted by Gasteiger charge is -2.18. The molecule has 120 valence electrons. The van der Waals surface area contributed by atoms with Gasteiger partial charge < -0.3 is 10.6 Å². The number of amides is 2. The molecule has 2 aromatic carbocycles. The molecule has 1 unspecified atom stereocenters. The molecule has 0 saturated carbocycles. The number of carbonyl (C=O) groups excluding carboxylic acids is 2. The summed E-state index contributed by atoms with van der Waals surface area (Å²) in [6.45, 7) is 0. The zero-order chi connectivity index (χ0) is 17.0. The van der Waals surface area contributed by atoms with Gasteiger partial charge in [0.1, 0.15) is 6.04 Å². The number of benzene rings is 2. The predicted molar refractivity (Wildman–Crippen MR) is 82.1 cm³/mol. The molecular weight excluding hydrogens is 326 g/mol. The molecule has 2 rings (SSSR count). The van der Waals surface area contributed by atoms with E-state index in [9.17, 15) is 18.4 Å². The summed E-state index contributed by atoms with van der Waals surface area (Å²) in [5, 5.41) is 5.21. The topological polar surface area (TPSA) is 58.2 Å². The van der Waals surface area contributed by atoms with Crippen molar-refractivity contribution in [3.05, 3.63) is 70.2 Å². The lowest BCUT2D eigenvalue weighted by molar-refractivity contribution is -0.122.